The molecule has 4 heteroatoms. The van der Waals surface area contributed by atoms with E-state index in [0.717, 1.165) is 44.2 Å². The van der Waals surface area contributed by atoms with E-state index >= 15 is 0 Å². The summed E-state index contributed by atoms with van der Waals surface area (Å²) in [5.41, 5.74) is 11.1. The smallest absolute Gasteiger partial charge is 0.148 e. The molecule has 0 aliphatic carbocycles. The summed E-state index contributed by atoms with van der Waals surface area (Å²) in [5.74, 6) is 0. The Balaban J connectivity index is 1.21. The molecule has 0 bridgehead atoms. The van der Waals surface area contributed by atoms with Crippen molar-refractivity contribution in [2.75, 3.05) is 0 Å². The van der Waals surface area contributed by atoms with Crippen LogP contribution in [0.25, 0.3) is 87.9 Å². The first-order valence-electron chi connectivity index (χ1n) is 14.9. The number of hydrogen-bond donors (Lipinski definition) is 0. The topological polar surface area (TPSA) is 35.1 Å². The number of hydrogen-bond acceptors (Lipinski definition) is 2. The van der Waals surface area contributed by atoms with Crippen molar-refractivity contribution in [2.24, 2.45) is 0 Å². The third-order valence-corrected chi connectivity index (χ3v) is 9.13. The average Bonchev–Trinajstić information content (AvgIpc) is 3.64. The van der Waals surface area contributed by atoms with Gasteiger partial charge in [-0.1, -0.05) is 91.0 Å². The van der Waals surface area contributed by atoms with Gasteiger partial charge in [-0.15, -0.1) is 0 Å². The highest BCUT2D eigenvalue weighted by atomic mass is 15.0. The van der Waals surface area contributed by atoms with Crippen LogP contribution in [0.15, 0.2) is 146 Å². The fourth-order valence-electron chi connectivity index (χ4n) is 7.16. The predicted octanol–water partition coefficient (Wildman–Crippen LogP) is 10.1. The molecule has 0 atom stereocenters. The van der Waals surface area contributed by atoms with Crippen LogP contribution < -0.4 is 0 Å². The normalized spacial score (nSPS) is 12.1. The van der Waals surface area contributed by atoms with Gasteiger partial charge in [-0.05, 0) is 65.0 Å². The second-order valence-corrected chi connectivity index (χ2v) is 11.5. The second kappa shape index (κ2) is 8.76. The number of pyridine rings is 2. The third-order valence-electron chi connectivity index (χ3n) is 9.13. The molecule has 0 radical (unpaired) electrons. The van der Waals surface area contributed by atoms with E-state index in [1.165, 1.54) is 43.7 Å². The summed E-state index contributed by atoms with van der Waals surface area (Å²) < 4.78 is 4.68. The second-order valence-electron chi connectivity index (χ2n) is 11.5. The number of para-hydroxylation sites is 4. The Kier molecular flexibility index (Phi) is 4.69. The summed E-state index contributed by atoms with van der Waals surface area (Å²) in [6, 6.07) is 50.0. The molecular formula is C40H24N4. The number of aromatic nitrogens is 4. The fourth-order valence-corrected chi connectivity index (χ4v) is 7.16. The van der Waals surface area contributed by atoms with Gasteiger partial charge < -0.3 is 4.57 Å². The van der Waals surface area contributed by atoms with Gasteiger partial charge in [0.25, 0.3) is 0 Å². The van der Waals surface area contributed by atoms with E-state index in [1.54, 1.807) is 0 Å². The third kappa shape index (κ3) is 3.17. The highest BCUT2D eigenvalue weighted by Gasteiger charge is 2.17. The van der Waals surface area contributed by atoms with E-state index in [-0.39, 0.29) is 0 Å². The minimum absolute atomic E-state index is 0.942. The van der Waals surface area contributed by atoms with Crippen LogP contribution in [0.1, 0.15) is 0 Å². The molecule has 10 rings (SSSR count). The molecule has 0 aliphatic rings. The Bertz CT molecular complexity index is 2710. The monoisotopic (exact) mass is 560 g/mol. The van der Waals surface area contributed by atoms with Gasteiger partial charge in [0.1, 0.15) is 5.65 Å². The van der Waals surface area contributed by atoms with Crippen LogP contribution in [0, 0.1) is 0 Å². The van der Waals surface area contributed by atoms with E-state index in [4.69, 9.17) is 9.97 Å². The van der Waals surface area contributed by atoms with Crippen LogP contribution in [0.5, 0.6) is 0 Å². The van der Waals surface area contributed by atoms with Crippen molar-refractivity contribution in [3.63, 3.8) is 0 Å². The molecule has 0 saturated heterocycles. The standard InChI is InChI=1S/C40H24N4/c1-4-12-34-29(9-1)30-10-2-5-13-35(30)43(34)28-19-15-25(16-20-28)27-18-21-31-32-22-17-26-8-7-23-41-39(26)38(32)40-42-33-11-3-6-14-36(33)44(40)37(31)24-27/h1-24H. The minimum atomic E-state index is 0.942. The maximum Gasteiger partial charge on any atom is 0.148 e. The lowest BCUT2D eigenvalue weighted by Crippen LogP contribution is -1.95. The molecule has 4 nitrogen and oxygen atoms in total. The van der Waals surface area contributed by atoms with Crippen molar-refractivity contribution < 1.29 is 0 Å². The zero-order valence-electron chi connectivity index (χ0n) is 23.6. The number of fused-ring (bicyclic) bond motifs is 13. The Morgan fingerprint density at radius 3 is 1.93 bits per heavy atom. The summed E-state index contributed by atoms with van der Waals surface area (Å²) >= 11 is 0. The molecule has 6 aromatic carbocycles. The molecule has 0 unspecified atom stereocenters. The molecule has 4 aromatic heterocycles. The lowest BCUT2D eigenvalue weighted by molar-refractivity contribution is 1.18. The maximum atomic E-state index is 5.16. The van der Waals surface area contributed by atoms with E-state index in [9.17, 15) is 0 Å². The zero-order valence-corrected chi connectivity index (χ0v) is 23.6. The summed E-state index contributed by atoms with van der Waals surface area (Å²) in [7, 11) is 0. The van der Waals surface area contributed by atoms with Gasteiger partial charge in [0.15, 0.2) is 0 Å². The van der Waals surface area contributed by atoms with Gasteiger partial charge in [0, 0.05) is 33.4 Å². The number of rotatable bonds is 2. The largest absolute Gasteiger partial charge is 0.309 e. The van der Waals surface area contributed by atoms with Crippen LogP contribution >= 0.6 is 0 Å². The highest BCUT2D eigenvalue weighted by Crippen LogP contribution is 2.38. The van der Waals surface area contributed by atoms with Crippen LogP contribution in [-0.2, 0) is 0 Å². The van der Waals surface area contributed by atoms with Gasteiger partial charge in [-0.2, -0.15) is 0 Å². The first-order chi connectivity index (χ1) is 21.8. The Hall–Kier alpha value is -6.00. The number of benzene rings is 6. The van der Waals surface area contributed by atoms with Crippen molar-refractivity contribution in [1.82, 2.24) is 18.9 Å². The molecular weight excluding hydrogens is 536 g/mol. The van der Waals surface area contributed by atoms with Gasteiger partial charge in [-0.3, -0.25) is 9.38 Å². The Labute approximate surface area is 252 Å². The van der Waals surface area contributed by atoms with Crippen molar-refractivity contribution in [1.29, 1.82) is 0 Å². The van der Waals surface area contributed by atoms with E-state index in [2.05, 4.69) is 142 Å². The van der Waals surface area contributed by atoms with Crippen molar-refractivity contribution in [3.8, 4) is 16.8 Å². The van der Waals surface area contributed by atoms with Crippen molar-refractivity contribution >= 4 is 71.1 Å². The van der Waals surface area contributed by atoms with E-state index < -0.39 is 0 Å². The quantitative estimate of drug-likeness (QED) is 0.197. The maximum absolute atomic E-state index is 5.16. The Morgan fingerprint density at radius 2 is 1.14 bits per heavy atom. The van der Waals surface area contributed by atoms with Gasteiger partial charge >= 0.3 is 0 Å². The predicted molar refractivity (Wildman–Crippen MR) is 183 cm³/mol. The average molecular weight is 561 g/mol. The molecule has 0 saturated carbocycles. The molecule has 0 N–H and O–H groups in total. The molecule has 204 valence electrons. The van der Waals surface area contributed by atoms with Crippen LogP contribution in [0.4, 0.5) is 0 Å². The SMILES string of the molecule is c1cnc2c(c1)ccc1c3ccc(-c4ccc(-n5c6ccccc6c6ccccc65)cc4)cc3n3c4ccccc4nc3c12. The fraction of sp³-hybridized carbons (Fsp3) is 0. The minimum Gasteiger partial charge on any atom is -0.309 e. The summed E-state index contributed by atoms with van der Waals surface area (Å²) in [4.78, 5) is 9.97. The lowest BCUT2D eigenvalue weighted by atomic mass is 9.99. The molecule has 0 aliphatic heterocycles. The highest BCUT2D eigenvalue weighted by molar-refractivity contribution is 6.22. The molecule has 0 fully saturated rings. The summed E-state index contributed by atoms with van der Waals surface area (Å²) in [5, 5.41) is 7.11. The lowest BCUT2D eigenvalue weighted by Gasteiger charge is -2.13. The van der Waals surface area contributed by atoms with Crippen LogP contribution in [-0.4, -0.2) is 18.9 Å². The summed E-state index contributed by atoms with van der Waals surface area (Å²) in [6.07, 6.45) is 1.87. The van der Waals surface area contributed by atoms with Crippen molar-refractivity contribution in [3.05, 3.63) is 146 Å². The number of nitrogens with zero attached hydrogens (tertiary/aromatic N) is 4. The molecule has 10 aromatic rings. The number of imidazole rings is 1. The van der Waals surface area contributed by atoms with Crippen LogP contribution in [0.3, 0.4) is 0 Å². The van der Waals surface area contributed by atoms with Gasteiger partial charge in [0.2, 0.25) is 0 Å². The van der Waals surface area contributed by atoms with Crippen LogP contribution in [0.2, 0.25) is 0 Å². The summed E-state index contributed by atoms with van der Waals surface area (Å²) in [6.45, 7) is 0. The molecule has 44 heavy (non-hydrogen) atoms. The molecule has 0 spiro atoms. The van der Waals surface area contributed by atoms with E-state index in [1.807, 2.05) is 12.3 Å². The Morgan fingerprint density at radius 1 is 0.477 bits per heavy atom. The van der Waals surface area contributed by atoms with E-state index in [0.29, 0.717) is 0 Å². The van der Waals surface area contributed by atoms with Gasteiger partial charge in [0.05, 0.1) is 38.5 Å². The van der Waals surface area contributed by atoms with Crippen molar-refractivity contribution in [2.45, 2.75) is 0 Å². The molecule has 0 amide bonds. The molecule has 4 heterocycles. The first-order valence-corrected chi connectivity index (χ1v) is 14.9. The first kappa shape index (κ1) is 23.6. The van der Waals surface area contributed by atoms with Gasteiger partial charge in [-0.25, -0.2) is 4.98 Å². The zero-order chi connectivity index (χ0) is 28.8.